The van der Waals surface area contributed by atoms with Crippen molar-refractivity contribution in [2.75, 3.05) is 0 Å². The van der Waals surface area contributed by atoms with Crippen LogP contribution in [-0.4, -0.2) is 10.9 Å². The van der Waals surface area contributed by atoms with Crippen molar-refractivity contribution < 1.29 is 4.79 Å². The van der Waals surface area contributed by atoms with E-state index >= 15 is 0 Å². The van der Waals surface area contributed by atoms with E-state index in [4.69, 9.17) is 23.2 Å². The fourth-order valence-corrected chi connectivity index (χ4v) is 2.22. The number of carbonyl (C=O) groups excluding carboxylic acids is 1. The summed E-state index contributed by atoms with van der Waals surface area (Å²) in [5.41, 5.74) is 1.09. The quantitative estimate of drug-likeness (QED) is 0.793. The molecular formula is C13H9Cl2NO2. The van der Waals surface area contributed by atoms with Gasteiger partial charge >= 0.3 is 0 Å². The van der Waals surface area contributed by atoms with Crippen LogP contribution in [0.3, 0.4) is 0 Å². The van der Waals surface area contributed by atoms with Crippen molar-refractivity contribution in [2.45, 2.75) is 0 Å². The van der Waals surface area contributed by atoms with E-state index in [2.05, 4.69) is 0 Å². The molecule has 0 aliphatic heterocycles. The average molecular weight is 282 g/mol. The SMILES string of the molecule is Cn1c(-c2ccc(Cl)cc2Cl)ccc(C=O)c1=O. The lowest BCUT2D eigenvalue weighted by molar-refractivity contribution is 0.112. The number of halogens is 2. The zero-order valence-corrected chi connectivity index (χ0v) is 11.0. The fraction of sp³-hybridized carbons (Fsp3) is 0.0769. The van der Waals surface area contributed by atoms with Gasteiger partial charge in [0.2, 0.25) is 0 Å². The standard InChI is InChI=1S/C13H9Cl2NO2/c1-16-12(5-2-8(7-17)13(16)18)10-4-3-9(14)6-11(10)15/h2-7H,1H3. The van der Waals surface area contributed by atoms with Gasteiger partial charge < -0.3 is 4.57 Å². The van der Waals surface area contributed by atoms with Gasteiger partial charge in [-0.15, -0.1) is 0 Å². The number of nitrogens with zero attached hydrogens (tertiary/aromatic N) is 1. The van der Waals surface area contributed by atoms with E-state index in [0.29, 0.717) is 27.6 Å². The van der Waals surface area contributed by atoms with Gasteiger partial charge in [-0.05, 0) is 30.3 Å². The van der Waals surface area contributed by atoms with Crippen LogP contribution in [0.2, 0.25) is 10.0 Å². The van der Waals surface area contributed by atoms with Gasteiger partial charge in [-0.3, -0.25) is 9.59 Å². The Kier molecular flexibility index (Phi) is 3.55. The summed E-state index contributed by atoms with van der Waals surface area (Å²) >= 11 is 11.9. The molecule has 0 saturated heterocycles. The first-order chi connectivity index (χ1) is 8.54. The van der Waals surface area contributed by atoms with E-state index in [1.165, 1.54) is 10.6 Å². The number of benzene rings is 1. The largest absolute Gasteiger partial charge is 0.311 e. The summed E-state index contributed by atoms with van der Waals surface area (Å²) in [6.45, 7) is 0. The molecule has 0 N–H and O–H groups in total. The fourth-order valence-electron chi connectivity index (χ4n) is 1.71. The topological polar surface area (TPSA) is 39.1 Å². The first kappa shape index (κ1) is 12.9. The van der Waals surface area contributed by atoms with Gasteiger partial charge in [0, 0.05) is 17.6 Å². The summed E-state index contributed by atoms with van der Waals surface area (Å²) in [6.07, 6.45) is 0.537. The zero-order chi connectivity index (χ0) is 13.3. The molecule has 1 aromatic carbocycles. The van der Waals surface area contributed by atoms with Crippen molar-refractivity contribution in [1.82, 2.24) is 4.57 Å². The number of pyridine rings is 1. The van der Waals surface area contributed by atoms with Gasteiger partial charge in [-0.25, -0.2) is 0 Å². The summed E-state index contributed by atoms with van der Waals surface area (Å²) in [5, 5.41) is 0.981. The highest BCUT2D eigenvalue weighted by molar-refractivity contribution is 6.36. The van der Waals surface area contributed by atoms with Gasteiger partial charge in [0.05, 0.1) is 16.3 Å². The van der Waals surface area contributed by atoms with Crippen LogP contribution < -0.4 is 5.56 Å². The highest BCUT2D eigenvalue weighted by Crippen LogP contribution is 2.29. The summed E-state index contributed by atoms with van der Waals surface area (Å²) in [7, 11) is 1.59. The minimum Gasteiger partial charge on any atom is -0.311 e. The van der Waals surface area contributed by atoms with E-state index in [-0.39, 0.29) is 11.1 Å². The van der Waals surface area contributed by atoms with Crippen LogP contribution in [0.1, 0.15) is 10.4 Å². The Morgan fingerprint density at radius 3 is 2.50 bits per heavy atom. The zero-order valence-electron chi connectivity index (χ0n) is 9.48. The molecule has 1 heterocycles. The van der Waals surface area contributed by atoms with Gasteiger partial charge in [0.25, 0.3) is 5.56 Å². The predicted octanol–water partition coefficient (Wildman–Crippen LogP) is 3.17. The average Bonchev–Trinajstić information content (AvgIpc) is 2.34. The second-order valence-corrected chi connectivity index (χ2v) is 4.62. The van der Waals surface area contributed by atoms with E-state index in [9.17, 15) is 9.59 Å². The molecule has 0 saturated carbocycles. The Morgan fingerprint density at radius 1 is 1.17 bits per heavy atom. The Morgan fingerprint density at radius 2 is 1.89 bits per heavy atom. The molecule has 0 aliphatic carbocycles. The number of rotatable bonds is 2. The maximum absolute atomic E-state index is 11.8. The van der Waals surface area contributed by atoms with Crippen molar-refractivity contribution in [2.24, 2.45) is 7.05 Å². The second-order valence-electron chi connectivity index (χ2n) is 3.78. The Labute approximate surface area is 114 Å². The first-order valence-electron chi connectivity index (χ1n) is 5.15. The molecule has 0 amide bonds. The van der Waals surface area contributed by atoms with E-state index in [0.717, 1.165) is 0 Å². The molecule has 1 aromatic heterocycles. The number of aromatic nitrogens is 1. The molecule has 5 heteroatoms. The van der Waals surface area contributed by atoms with E-state index < -0.39 is 0 Å². The molecule has 0 atom stereocenters. The third-order valence-electron chi connectivity index (χ3n) is 2.67. The van der Waals surface area contributed by atoms with Gasteiger partial charge in [-0.2, -0.15) is 0 Å². The second kappa shape index (κ2) is 4.96. The van der Waals surface area contributed by atoms with Gasteiger partial charge in [0.15, 0.2) is 6.29 Å². The van der Waals surface area contributed by atoms with E-state index in [1.54, 1.807) is 31.3 Å². The molecule has 0 unspecified atom stereocenters. The lowest BCUT2D eigenvalue weighted by Gasteiger charge is -2.10. The molecule has 92 valence electrons. The highest BCUT2D eigenvalue weighted by atomic mass is 35.5. The van der Waals surface area contributed by atoms with Crippen LogP contribution in [0, 0.1) is 0 Å². The first-order valence-corrected chi connectivity index (χ1v) is 5.91. The van der Waals surface area contributed by atoms with Crippen molar-refractivity contribution in [3.63, 3.8) is 0 Å². The Bertz CT molecular complexity index is 677. The third kappa shape index (κ3) is 2.19. The molecule has 3 nitrogen and oxygen atoms in total. The lowest BCUT2D eigenvalue weighted by Crippen LogP contribution is -2.21. The van der Waals surface area contributed by atoms with Crippen molar-refractivity contribution in [3.05, 3.63) is 56.3 Å². The molecule has 2 aromatic rings. The van der Waals surface area contributed by atoms with Crippen LogP contribution in [0.5, 0.6) is 0 Å². The molecular weight excluding hydrogens is 273 g/mol. The number of hydrogen-bond donors (Lipinski definition) is 0. The summed E-state index contributed by atoms with van der Waals surface area (Å²) in [4.78, 5) is 22.5. The highest BCUT2D eigenvalue weighted by Gasteiger charge is 2.10. The minimum absolute atomic E-state index is 0.117. The van der Waals surface area contributed by atoms with Gasteiger partial charge in [0.1, 0.15) is 0 Å². The molecule has 0 bridgehead atoms. The number of aldehydes is 1. The Hall–Kier alpha value is -1.58. The van der Waals surface area contributed by atoms with Crippen molar-refractivity contribution in [3.8, 4) is 11.3 Å². The maximum Gasteiger partial charge on any atom is 0.261 e. The van der Waals surface area contributed by atoms with Crippen LogP contribution in [-0.2, 0) is 7.05 Å². The van der Waals surface area contributed by atoms with Crippen LogP contribution in [0.15, 0.2) is 35.1 Å². The minimum atomic E-state index is -0.353. The van der Waals surface area contributed by atoms with Crippen LogP contribution in [0.4, 0.5) is 0 Å². The lowest BCUT2D eigenvalue weighted by atomic mass is 10.1. The summed E-state index contributed by atoms with van der Waals surface area (Å²) in [6, 6.07) is 8.20. The normalized spacial score (nSPS) is 10.4. The van der Waals surface area contributed by atoms with Crippen molar-refractivity contribution in [1.29, 1.82) is 0 Å². The molecule has 0 radical (unpaired) electrons. The van der Waals surface area contributed by atoms with Crippen LogP contribution >= 0.6 is 23.2 Å². The molecule has 18 heavy (non-hydrogen) atoms. The molecule has 0 aliphatic rings. The van der Waals surface area contributed by atoms with E-state index in [1.807, 2.05) is 0 Å². The molecule has 0 fully saturated rings. The summed E-state index contributed by atoms with van der Waals surface area (Å²) in [5.74, 6) is 0. The monoisotopic (exact) mass is 281 g/mol. The van der Waals surface area contributed by atoms with Crippen molar-refractivity contribution >= 4 is 29.5 Å². The van der Waals surface area contributed by atoms with Gasteiger partial charge in [-0.1, -0.05) is 23.2 Å². The summed E-state index contributed by atoms with van der Waals surface area (Å²) < 4.78 is 1.39. The molecule has 2 rings (SSSR count). The smallest absolute Gasteiger partial charge is 0.261 e. The Balaban J connectivity index is 2.69. The number of hydrogen-bond acceptors (Lipinski definition) is 2. The molecule has 0 spiro atoms. The predicted molar refractivity (Wildman–Crippen MR) is 72.5 cm³/mol. The maximum atomic E-state index is 11.8. The number of carbonyl (C=O) groups is 1. The third-order valence-corrected chi connectivity index (χ3v) is 3.22. The van der Waals surface area contributed by atoms with Crippen LogP contribution in [0.25, 0.3) is 11.3 Å².